The van der Waals surface area contributed by atoms with Gasteiger partial charge in [-0.25, -0.2) is 13.4 Å². The molecule has 0 spiro atoms. The molecule has 166 valence electrons. The van der Waals surface area contributed by atoms with Crippen molar-refractivity contribution in [3.63, 3.8) is 0 Å². The molecular weight excluding hydrogens is 533 g/mol. The molecule has 0 aromatic heterocycles. The van der Waals surface area contributed by atoms with Gasteiger partial charge in [-0.2, -0.15) is 0 Å². The fraction of sp³-hybridized carbons (Fsp3) is 0.409. The van der Waals surface area contributed by atoms with Crippen molar-refractivity contribution in [3.8, 4) is 0 Å². The van der Waals surface area contributed by atoms with Crippen LogP contribution in [0.2, 0.25) is 5.02 Å². The maximum atomic E-state index is 11.8. The van der Waals surface area contributed by atoms with E-state index in [1.165, 1.54) is 6.26 Å². The lowest BCUT2D eigenvalue weighted by atomic mass is 9.84. The predicted molar refractivity (Wildman–Crippen MR) is 137 cm³/mol. The molecule has 0 radical (unpaired) electrons. The molecule has 8 heteroatoms. The molecule has 2 aromatic carbocycles. The number of benzene rings is 2. The molecule has 2 aromatic rings. The second-order valence-electron chi connectivity index (χ2n) is 7.81. The summed E-state index contributed by atoms with van der Waals surface area (Å²) in [6.45, 7) is 10.0. The third-order valence-electron chi connectivity index (χ3n) is 4.71. The zero-order valence-electron chi connectivity index (χ0n) is 18.1. The molecule has 0 fully saturated rings. The van der Waals surface area contributed by atoms with Gasteiger partial charge in [-0.1, -0.05) is 49.7 Å². The summed E-state index contributed by atoms with van der Waals surface area (Å²) in [6, 6.07) is 13.2. The molecule has 0 unspecified atom stereocenters. The van der Waals surface area contributed by atoms with Crippen molar-refractivity contribution in [2.45, 2.75) is 44.6 Å². The SMILES string of the molecule is CCNC(=NCc1ccc(S(C)(=O)=O)c(C)c1)NCC(C)(C)c1cccc(Cl)c1.I. The Morgan fingerprint density at radius 2 is 1.83 bits per heavy atom. The Balaban J connectivity index is 0.00000450. The second-order valence-corrected chi connectivity index (χ2v) is 10.2. The molecule has 30 heavy (non-hydrogen) atoms. The molecule has 0 amide bonds. The summed E-state index contributed by atoms with van der Waals surface area (Å²) in [5, 5.41) is 7.38. The number of nitrogens with one attached hydrogen (secondary N) is 2. The molecule has 0 atom stereocenters. The van der Waals surface area contributed by atoms with Crippen molar-refractivity contribution in [3.05, 3.63) is 64.2 Å². The summed E-state index contributed by atoms with van der Waals surface area (Å²) in [6.07, 6.45) is 1.22. The number of rotatable bonds is 7. The van der Waals surface area contributed by atoms with E-state index in [4.69, 9.17) is 11.6 Å². The molecule has 2 N–H and O–H groups in total. The van der Waals surface area contributed by atoms with Crippen LogP contribution >= 0.6 is 35.6 Å². The molecule has 0 heterocycles. The third kappa shape index (κ3) is 7.74. The Morgan fingerprint density at radius 3 is 2.40 bits per heavy atom. The quantitative estimate of drug-likeness (QED) is 0.291. The van der Waals surface area contributed by atoms with E-state index in [1.54, 1.807) is 13.0 Å². The van der Waals surface area contributed by atoms with Crippen molar-refractivity contribution in [2.24, 2.45) is 4.99 Å². The first-order chi connectivity index (χ1) is 13.5. The van der Waals surface area contributed by atoms with E-state index in [2.05, 4.69) is 35.5 Å². The van der Waals surface area contributed by atoms with Crippen LogP contribution in [-0.2, 0) is 21.8 Å². The van der Waals surface area contributed by atoms with Crippen molar-refractivity contribution in [1.29, 1.82) is 0 Å². The third-order valence-corrected chi connectivity index (χ3v) is 6.20. The summed E-state index contributed by atoms with van der Waals surface area (Å²) in [4.78, 5) is 5.01. The fourth-order valence-corrected chi connectivity index (χ4v) is 4.20. The molecule has 0 aliphatic rings. The van der Waals surface area contributed by atoms with Crippen molar-refractivity contribution >= 4 is 51.4 Å². The van der Waals surface area contributed by atoms with Gasteiger partial charge in [-0.15, -0.1) is 24.0 Å². The molecule has 0 aliphatic carbocycles. The van der Waals surface area contributed by atoms with Gasteiger partial charge < -0.3 is 10.6 Å². The van der Waals surface area contributed by atoms with Crippen molar-refractivity contribution in [2.75, 3.05) is 19.3 Å². The van der Waals surface area contributed by atoms with E-state index in [0.29, 0.717) is 23.9 Å². The van der Waals surface area contributed by atoms with Gasteiger partial charge in [-0.3, -0.25) is 0 Å². The summed E-state index contributed by atoms with van der Waals surface area (Å²) in [5.41, 5.74) is 2.72. The topological polar surface area (TPSA) is 70.6 Å². The largest absolute Gasteiger partial charge is 0.357 e. The zero-order chi connectivity index (χ0) is 21.7. The van der Waals surface area contributed by atoms with E-state index < -0.39 is 9.84 Å². The number of hydrogen-bond donors (Lipinski definition) is 2. The molecule has 5 nitrogen and oxygen atoms in total. The molecule has 0 bridgehead atoms. The molecule has 0 aliphatic heterocycles. The van der Waals surface area contributed by atoms with E-state index in [0.717, 1.165) is 28.3 Å². The highest BCUT2D eigenvalue weighted by atomic mass is 127. The van der Waals surface area contributed by atoms with Gasteiger partial charge in [0.1, 0.15) is 0 Å². The number of halogens is 2. The van der Waals surface area contributed by atoms with Crippen LogP contribution in [0.15, 0.2) is 52.4 Å². The lowest BCUT2D eigenvalue weighted by Gasteiger charge is -2.27. The Kier molecular flexibility index (Phi) is 10.1. The average Bonchev–Trinajstić information content (AvgIpc) is 2.63. The summed E-state index contributed by atoms with van der Waals surface area (Å²) >= 11 is 6.14. The van der Waals surface area contributed by atoms with E-state index in [1.807, 2.05) is 37.3 Å². The standard InChI is InChI=1S/C22H30ClN3O2S.HI/c1-6-24-21(26-15-22(3,4)18-8-7-9-19(23)13-18)25-14-17-10-11-20(16(2)12-17)29(5,27)28;/h7-13H,6,14-15H2,1-5H3,(H2,24,25,26);1H. The number of aryl methyl sites for hydroxylation is 1. The highest BCUT2D eigenvalue weighted by Crippen LogP contribution is 2.24. The lowest BCUT2D eigenvalue weighted by molar-refractivity contribution is 0.508. The van der Waals surface area contributed by atoms with Gasteiger partial charge >= 0.3 is 0 Å². The van der Waals surface area contributed by atoms with Crippen LogP contribution in [0, 0.1) is 6.92 Å². The van der Waals surface area contributed by atoms with E-state index in [9.17, 15) is 8.42 Å². The number of nitrogens with zero attached hydrogens (tertiary/aromatic N) is 1. The smallest absolute Gasteiger partial charge is 0.191 e. The lowest BCUT2D eigenvalue weighted by Crippen LogP contribution is -2.43. The van der Waals surface area contributed by atoms with Crippen LogP contribution in [-0.4, -0.2) is 33.7 Å². The zero-order valence-corrected chi connectivity index (χ0v) is 22.0. The Labute approximate surface area is 202 Å². The number of guanidine groups is 1. The fourth-order valence-electron chi connectivity index (χ4n) is 3.05. The van der Waals surface area contributed by atoms with Crippen LogP contribution in [0.1, 0.15) is 37.5 Å². The van der Waals surface area contributed by atoms with Gasteiger partial charge in [0.2, 0.25) is 0 Å². The van der Waals surface area contributed by atoms with Crippen LogP contribution in [0.25, 0.3) is 0 Å². The Bertz CT molecular complexity index is 992. The normalized spacial score (nSPS) is 12.3. The summed E-state index contributed by atoms with van der Waals surface area (Å²) in [5.74, 6) is 0.715. The minimum atomic E-state index is -3.21. The Morgan fingerprint density at radius 1 is 1.13 bits per heavy atom. The molecular formula is C22H31ClIN3O2S. The molecule has 2 rings (SSSR count). The van der Waals surface area contributed by atoms with Gasteiger partial charge in [-0.05, 0) is 48.7 Å². The highest BCUT2D eigenvalue weighted by Gasteiger charge is 2.21. The maximum Gasteiger partial charge on any atom is 0.191 e. The Hall–Kier alpha value is -1.32. The number of sulfone groups is 1. The van der Waals surface area contributed by atoms with Gasteiger partial charge in [0.15, 0.2) is 15.8 Å². The van der Waals surface area contributed by atoms with Gasteiger partial charge in [0, 0.05) is 29.8 Å². The number of hydrogen-bond acceptors (Lipinski definition) is 3. The van der Waals surface area contributed by atoms with Crippen LogP contribution in [0.5, 0.6) is 0 Å². The summed E-state index contributed by atoms with van der Waals surface area (Å²) < 4.78 is 23.6. The van der Waals surface area contributed by atoms with E-state index in [-0.39, 0.29) is 29.4 Å². The summed E-state index contributed by atoms with van der Waals surface area (Å²) in [7, 11) is -3.21. The van der Waals surface area contributed by atoms with Crippen LogP contribution in [0.4, 0.5) is 0 Å². The van der Waals surface area contributed by atoms with Crippen molar-refractivity contribution in [1.82, 2.24) is 10.6 Å². The van der Waals surface area contributed by atoms with Crippen LogP contribution in [0.3, 0.4) is 0 Å². The highest BCUT2D eigenvalue weighted by molar-refractivity contribution is 14.0. The first kappa shape index (κ1) is 26.7. The van der Waals surface area contributed by atoms with Crippen LogP contribution < -0.4 is 10.6 Å². The van der Waals surface area contributed by atoms with Crippen molar-refractivity contribution < 1.29 is 8.42 Å². The molecule has 0 saturated heterocycles. The van der Waals surface area contributed by atoms with Gasteiger partial charge in [0.05, 0.1) is 11.4 Å². The van der Waals surface area contributed by atoms with E-state index >= 15 is 0 Å². The second kappa shape index (κ2) is 11.3. The first-order valence-corrected chi connectivity index (χ1v) is 11.9. The monoisotopic (exact) mass is 563 g/mol. The number of aliphatic imine (C=N–C) groups is 1. The maximum absolute atomic E-state index is 11.8. The predicted octanol–water partition coefficient (Wildman–Crippen LogP) is 4.70. The first-order valence-electron chi connectivity index (χ1n) is 9.61. The minimum Gasteiger partial charge on any atom is -0.357 e. The minimum absolute atomic E-state index is 0. The average molecular weight is 564 g/mol. The molecule has 0 saturated carbocycles. The van der Waals surface area contributed by atoms with Gasteiger partial charge in [0.25, 0.3) is 0 Å².